The Morgan fingerprint density at radius 3 is 2.81 bits per heavy atom. The van der Waals surface area contributed by atoms with E-state index in [0.29, 0.717) is 6.04 Å². The molecule has 0 aliphatic heterocycles. The maximum Gasteiger partial charge on any atom is 0.178 e. The van der Waals surface area contributed by atoms with Crippen LogP contribution in [0.15, 0.2) is 22.9 Å². The number of fused-ring (bicyclic) bond motifs is 1. The average Bonchev–Trinajstić information content (AvgIpc) is 2.83. The first kappa shape index (κ1) is 10.1. The molecule has 1 saturated carbocycles. The van der Waals surface area contributed by atoms with Crippen LogP contribution in [0.25, 0.3) is 11.0 Å². The van der Waals surface area contributed by atoms with Crippen molar-refractivity contribution in [2.75, 3.05) is 0 Å². The van der Waals surface area contributed by atoms with Gasteiger partial charge in [0.1, 0.15) is 5.75 Å². The second-order valence-electron chi connectivity index (χ2n) is 4.36. The van der Waals surface area contributed by atoms with E-state index < -0.39 is 0 Å². The standard InChI is InChI=1S/C12H13BrN2O/c13-12-14-10-7-9(16)5-6-11(10)15(12)8-3-1-2-4-8/h5-8,16H,1-4H2. The molecule has 3 nitrogen and oxygen atoms in total. The van der Waals surface area contributed by atoms with Gasteiger partial charge in [-0.15, -0.1) is 0 Å². The molecular formula is C12H13BrN2O. The number of hydrogen-bond donors (Lipinski definition) is 1. The van der Waals surface area contributed by atoms with E-state index in [0.717, 1.165) is 15.8 Å². The van der Waals surface area contributed by atoms with Crippen LogP contribution in [0, 0.1) is 0 Å². The highest BCUT2D eigenvalue weighted by Crippen LogP contribution is 2.35. The van der Waals surface area contributed by atoms with E-state index in [-0.39, 0.29) is 5.75 Å². The van der Waals surface area contributed by atoms with Gasteiger partial charge >= 0.3 is 0 Å². The van der Waals surface area contributed by atoms with E-state index in [4.69, 9.17) is 0 Å². The maximum atomic E-state index is 9.43. The van der Waals surface area contributed by atoms with Gasteiger partial charge in [0, 0.05) is 12.1 Å². The number of benzene rings is 1. The zero-order valence-electron chi connectivity index (χ0n) is 8.86. The summed E-state index contributed by atoms with van der Waals surface area (Å²) in [5.41, 5.74) is 1.97. The Balaban J connectivity index is 2.18. The van der Waals surface area contributed by atoms with Gasteiger partial charge in [0.05, 0.1) is 11.0 Å². The Hall–Kier alpha value is -1.03. The monoisotopic (exact) mass is 280 g/mol. The number of nitrogens with zero attached hydrogens (tertiary/aromatic N) is 2. The Morgan fingerprint density at radius 2 is 2.06 bits per heavy atom. The highest BCUT2D eigenvalue weighted by molar-refractivity contribution is 9.10. The predicted molar refractivity (Wildman–Crippen MR) is 66.6 cm³/mol. The van der Waals surface area contributed by atoms with Gasteiger partial charge in [-0.25, -0.2) is 4.98 Å². The summed E-state index contributed by atoms with van der Waals surface area (Å²) in [6.45, 7) is 0. The van der Waals surface area contributed by atoms with Crippen LogP contribution in [0.1, 0.15) is 31.7 Å². The fraction of sp³-hybridized carbons (Fsp3) is 0.417. The van der Waals surface area contributed by atoms with Gasteiger partial charge in [-0.3, -0.25) is 0 Å². The molecule has 1 aliphatic rings. The number of aromatic hydroxyl groups is 1. The molecule has 3 rings (SSSR count). The molecule has 0 amide bonds. The molecule has 2 aromatic rings. The molecule has 0 bridgehead atoms. The molecule has 84 valence electrons. The summed E-state index contributed by atoms with van der Waals surface area (Å²) in [5.74, 6) is 0.274. The van der Waals surface area contributed by atoms with Gasteiger partial charge < -0.3 is 9.67 Å². The van der Waals surface area contributed by atoms with Crippen molar-refractivity contribution >= 4 is 27.0 Å². The molecule has 0 spiro atoms. The lowest BCUT2D eigenvalue weighted by molar-refractivity contribution is 0.476. The van der Waals surface area contributed by atoms with Crippen LogP contribution in [0.2, 0.25) is 0 Å². The molecule has 1 aromatic carbocycles. The number of rotatable bonds is 1. The molecule has 1 aromatic heterocycles. The zero-order valence-corrected chi connectivity index (χ0v) is 10.4. The van der Waals surface area contributed by atoms with Crippen LogP contribution in [-0.4, -0.2) is 14.7 Å². The van der Waals surface area contributed by atoms with E-state index in [1.807, 2.05) is 6.07 Å². The van der Waals surface area contributed by atoms with Gasteiger partial charge in [-0.05, 0) is 40.9 Å². The van der Waals surface area contributed by atoms with Crippen molar-refractivity contribution in [2.45, 2.75) is 31.7 Å². The summed E-state index contributed by atoms with van der Waals surface area (Å²) in [6.07, 6.45) is 5.06. The minimum atomic E-state index is 0.274. The third kappa shape index (κ3) is 1.52. The first-order valence-corrected chi connectivity index (χ1v) is 6.41. The van der Waals surface area contributed by atoms with Gasteiger partial charge in [-0.2, -0.15) is 0 Å². The van der Waals surface area contributed by atoms with Gasteiger partial charge in [0.2, 0.25) is 0 Å². The number of hydrogen-bond acceptors (Lipinski definition) is 2. The van der Waals surface area contributed by atoms with Crippen molar-refractivity contribution < 1.29 is 5.11 Å². The Kier molecular flexibility index (Phi) is 2.39. The molecule has 4 heteroatoms. The molecule has 1 heterocycles. The second-order valence-corrected chi connectivity index (χ2v) is 5.07. The second kappa shape index (κ2) is 3.77. The third-order valence-electron chi connectivity index (χ3n) is 3.32. The highest BCUT2D eigenvalue weighted by Gasteiger charge is 2.21. The molecule has 0 radical (unpaired) electrons. The van der Waals surface area contributed by atoms with E-state index >= 15 is 0 Å². The van der Waals surface area contributed by atoms with E-state index in [2.05, 4.69) is 25.5 Å². The van der Waals surface area contributed by atoms with Gasteiger partial charge in [0.25, 0.3) is 0 Å². The number of phenolic OH excluding ortho intramolecular Hbond substituents is 1. The van der Waals surface area contributed by atoms with Gasteiger partial charge in [-0.1, -0.05) is 12.8 Å². The number of imidazole rings is 1. The van der Waals surface area contributed by atoms with Crippen LogP contribution in [0.4, 0.5) is 0 Å². The lowest BCUT2D eigenvalue weighted by Crippen LogP contribution is -2.04. The quantitative estimate of drug-likeness (QED) is 0.867. The summed E-state index contributed by atoms with van der Waals surface area (Å²) < 4.78 is 3.13. The number of halogens is 1. The van der Waals surface area contributed by atoms with Crippen LogP contribution in [-0.2, 0) is 0 Å². The third-order valence-corrected chi connectivity index (χ3v) is 3.88. The molecule has 0 unspecified atom stereocenters. The summed E-state index contributed by atoms with van der Waals surface area (Å²) in [6, 6.07) is 5.94. The fourth-order valence-corrected chi connectivity index (χ4v) is 3.24. The normalized spacial score (nSPS) is 17.3. The van der Waals surface area contributed by atoms with Crippen molar-refractivity contribution in [3.8, 4) is 5.75 Å². The van der Waals surface area contributed by atoms with Crippen molar-refractivity contribution in [3.63, 3.8) is 0 Å². The lowest BCUT2D eigenvalue weighted by atomic mass is 10.2. The minimum Gasteiger partial charge on any atom is -0.508 e. The predicted octanol–water partition coefficient (Wildman–Crippen LogP) is 3.62. The molecule has 1 N–H and O–H groups in total. The van der Waals surface area contributed by atoms with Crippen molar-refractivity contribution in [3.05, 3.63) is 22.9 Å². The summed E-state index contributed by atoms with van der Waals surface area (Å²) in [5, 5.41) is 9.43. The molecule has 0 saturated heterocycles. The first-order valence-electron chi connectivity index (χ1n) is 5.62. The van der Waals surface area contributed by atoms with E-state index in [9.17, 15) is 5.11 Å². The SMILES string of the molecule is Oc1ccc2c(c1)nc(Br)n2C1CCCC1. The zero-order chi connectivity index (χ0) is 11.1. The Labute approximate surface area is 102 Å². The lowest BCUT2D eigenvalue weighted by Gasteiger charge is -2.13. The van der Waals surface area contributed by atoms with Crippen molar-refractivity contribution in [1.82, 2.24) is 9.55 Å². The Morgan fingerprint density at radius 1 is 1.31 bits per heavy atom. The molecule has 1 aliphatic carbocycles. The van der Waals surface area contributed by atoms with E-state index in [1.165, 1.54) is 25.7 Å². The van der Waals surface area contributed by atoms with E-state index in [1.54, 1.807) is 12.1 Å². The first-order chi connectivity index (χ1) is 7.75. The fourth-order valence-electron chi connectivity index (χ4n) is 2.57. The van der Waals surface area contributed by atoms with Gasteiger partial charge in [0.15, 0.2) is 4.73 Å². The van der Waals surface area contributed by atoms with Crippen LogP contribution in [0.5, 0.6) is 5.75 Å². The largest absolute Gasteiger partial charge is 0.508 e. The molecule has 0 atom stereocenters. The van der Waals surface area contributed by atoms with Crippen LogP contribution < -0.4 is 0 Å². The minimum absolute atomic E-state index is 0.274. The summed E-state index contributed by atoms with van der Waals surface area (Å²) in [4.78, 5) is 4.44. The maximum absolute atomic E-state index is 9.43. The topological polar surface area (TPSA) is 38.1 Å². The summed E-state index contributed by atoms with van der Waals surface area (Å²) in [7, 11) is 0. The number of aromatic nitrogens is 2. The van der Waals surface area contributed by atoms with Crippen LogP contribution in [0.3, 0.4) is 0 Å². The molecule has 16 heavy (non-hydrogen) atoms. The number of phenols is 1. The highest BCUT2D eigenvalue weighted by atomic mass is 79.9. The summed E-state index contributed by atoms with van der Waals surface area (Å²) >= 11 is 3.51. The average molecular weight is 281 g/mol. The van der Waals surface area contributed by atoms with Crippen molar-refractivity contribution in [2.24, 2.45) is 0 Å². The van der Waals surface area contributed by atoms with Crippen LogP contribution >= 0.6 is 15.9 Å². The smallest absolute Gasteiger partial charge is 0.178 e. The van der Waals surface area contributed by atoms with Crippen molar-refractivity contribution in [1.29, 1.82) is 0 Å². The molecule has 1 fully saturated rings. The molecular weight excluding hydrogens is 268 g/mol. The Bertz CT molecular complexity index is 529.